The third kappa shape index (κ3) is 11.8. The zero-order chi connectivity index (χ0) is 32.7. The Balaban J connectivity index is 1.30. The van der Waals surface area contributed by atoms with Gasteiger partial charge in [-0.1, -0.05) is 70.3 Å². The molecule has 2 saturated heterocycles. The number of likely N-dealkylation sites (tertiary alicyclic amines) is 1. The van der Waals surface area contributed by atoms with E-state index in [1.54, 1.807) is 4.90 Å². The van der Waals surface area contributed by atoms with Crippen LogP contribution in [0.25, 0.3) is 0 Å². The summed E-state index contributed by atoms with van der Waals surface area (Å²) in [5, 5.41) is 0. The molecule has 2 amide bonds. The maximum absolute atomic E-state index is 13.2. The highest BCUT2D eigenvalue weighted by Crippen LogP contribution is 2.25. The number of nitrogens with zero attached hydrogens (tertiary/aromatic N) is 3. The number of carbonyl (C=O) groups is 3. The third-order valence-corrected chi connectivity index (χ3v) is 9.98. The van der Waals surface area contributed by atoms with Crippen LogP contribution in [0.15, 0.2) is 36.0 Å². The zero-order valence-corrected chi connectivity index (χ0v) is 28.7. The number of allylic oxidation sites excluding steroid dienone is 2. The molecule has 3 aliphatic heterocycles. The van der Waals surface area contributed by atoms with Gasteiger partial charge in [-0.05, 0) is 63.5 Å². The second kappa shape index (κ2) is 19.1. The lowest BCUT2D eigenvalue weighted by Crippen LogP contribution is -2.52. The van der Waals surface area contributed by atoms with Crippen molar-refractivity contribution in [1.82, 2.24) is 14.7 Å². The van der Waals surface area contributed by atoms with Crippen LogP contribution in [-0.4, -0.2) is 97.0 Å². The summed E-state index contributed by atoms with van der Waals surface area (Å²) in [6.07, 6.45) is 22.4. The Kier molecular flexibility index (Phi) is 15.0. The first-order valence-corrected chi connectivity index (χ1v) is 18.1. The van der Waals surface area contributed by atoms with E-state index in [1.807, 2.05) is 56.1 Å². The number of piperazine rings is 1. The topological polar surface area (TPSA) is 88.6 Å². The van der Waals surface area contributed by atoms with E-state index in [9.17, 15) is 14.4 Å². The van der Waals surface area contributed by atoms with Crippen molar-refractivity contribution in [3.8, 4) is 0 Å². The Hall–Kier alpha value is -2.81. The van der Waals surface area contributed by atoms with Crippen LogP contribution in [0.2, 0.25) is 0 Å². The summed E-state index contributed by atoms with van der Waals surface area (Å²) in [6.45, 7) is 11.2. The van der Waals surface area contributed by atoms with Gasteiger partial charge in [0, 0.05) is 63.6 Å². The van der Waals surface area contributed by atoms with Crippen LogP contribution in [0, 0.1) is 11.8 Å². The number of amides is 2. The van der Waals surface area contributed by atoms with E-state index < -0.39 is 6.10 Å². The summed E-state index contributed by atoms with van der Waals surface area (Å²) in [6, 6.07) is 0.666. The molecule has 0 N–H and O–H groups in total. The Morgan fingerprint density at radius 1 is 0.870 bits per heavy atom. The number of carbonyl (C=O) groups excluding carboxylic acids is 3. The predicted octanol–water partition coefficient (Wildman–Crippen LogP) is 7.27. The van der Waals surface area contributed by atoms with E-state index >= 15 is 0 Å². The minimum Gasteiger partial charge on any atom is -0.457 e. The van der Waals surface area contributed by atoms with Crippen LogP contribution in [0.1, 0.15) is 104 Å². The van der Waals surface area contributed by atoms with Gasteiger partial charge in [0.1, 0.15) is 12.2 Å². The van der Waals surface area contributed by atoms with Crippen molar-refractivity contribution in [2.24, 2.45) is 11.8 Å². The molecule has 46 heavy (non-hydrogen) atoms. The average Bonchev–Trinajstić information content (AvgIpc) is 3.46. The lowest BCUT2D eigenvalue weighted by atomic mass is 9.95. The monoisotopic (exact) mass is 641 g/mol. The molecule has 4 rings (SSSR count). The largest absolute Gasteiger partial charge is 0.457 e. The first-order chi connectivity index (χ1) is 22.3. The molecule has 3 fully saturated rings. The fourth-order valence-corrected chi connectivity index (χ4v) is 7.04. The Morgan fingerprint density at radius 2 is 1.52 bits per heavy atom. The number of esters is 1. The Labute approximate surface area is 277 Å². The van der Waals surface area contributed by atoms with Crippen molar-refractivity contribution in [3.05, 3.63) is 36.0 Å². The molecule has 4 atom stereocenters. The van der Waals surface area contributed by atoms with Gasteiger partial charge in [0.05, 0.1) is 6.61 Å². The molecular formula is C37H59N3O6. The Bertz CT molecular complexity index is 1050. The molecule has 9 heteroatoms. The number of rotatable bonds is 7. The van der Waals surface area contributed by atoms with Gasteiger partial charge in [0.15, 0.2) is 0 Å². The fraction of sp³-hybridized carbons (Fsp3) is 0.757. The standard InChI is InChI=1S/C37H59N3O6/c1-29(28-44-36(42)39-22-11-12-23-39)14-13-15-30(2)35-31(3)20-21-33(18-9-6-10-19-34(41)46-35)45-37(43)40-26-24-38(25-27-40)32-16-7-4-5-8-17-32/h13-15,20-21,29,31-33,35H,4-12,16-19,22-28H2,1-3H3/b14-13+,21-20-,30-15+/t29-,31+,33-,35-/m1/s1. The lowest BCUT2D eigenvalue weighted by Gasteiger charge is -2.39. The van der Waals surface area contributed by atoms with Crippen LogP contribution in [0.3, 0.4) is 0 Å². The van der Waals surface area contributed by atoms with E-state index in [0.717, 1.165) is 83.4 Å². The molecule has 258 valence electrons. The minimum atomic E-state index is -0.426. The second-order valence-electron chi connectivity index (χ2n) is 13.9. The number of hydrogen-bond donors (Lipinski definition) is 0. The second-order valence-corrected chi connectivity index (χ2v) is 13.9. The molecule has 0 bridgehead atoms. The first-order valence-electron chi connectivity index (χ1n) is 18.1. The summed E-state index contributed by atoms with van der Waals surface area (Å²) in [4.78, 5) is 44.3. The molecule has 0 aromatic heterocycles. The molecule has 1 saturated carbocycles. The first kappa shape index (κ1) is 36.0. The molecule has 3 heterocycles. The zero-order valence-electron chi connectivity index (χ0n) is 28.7. The van der Waals surface area contributed by atoms with Crippen LogP contribution in [0.5, 0.6) is 0 Å². The average molecular weight is 642 g/mol. The summed E-state index contributed by atoms with van der Waals surface area (Å²) in [5.74, 6) is -0.228. The summed E-state index contributed by atoms with van der Waals surface area (Å²) >= 11 is 0. The van der Waals surface area contributed by atoms with Gasteiger partial charge in [-0.25, -0.2) is 9.59 Å². The van der Waals surface area contributed by atoms with Gasteiger partial charge in [0.25, 0.3) is 0 Å². The molecule has 4 aliphatic rings. The van der Waals surface area contributed by atoms with Crippen molar-refractivity contribution in [1.29, 1.82) is 0 Å². The summed E-state index contributed by atoms with van der Waals surface area (Å²) < 4.78 is 17.5. The number of hydrogen-bond acceptors (Lipinski definition) is 7. The molecular weight excluding hydrogens is 582 g/mol. The number of cyclic esters (lactones) is 1. The van der Waals surface area contributed by atoms with Crippen molar-refractivity contribution < 1.29 is 28.6 Å². The molecule has 0 aromatic carbocycles. The summed E-state index contributed by atoms with van der Waals surface area (Å²) in [5.41, 5.74) is 0.931. The molecule has 0 aromatic rings. The SMILES string of the molecule is C/C(=C\C=C\[C@@H](C)COC(=O)N1CCCC1)[C@H]1OC(=O)CCCCC[C@@H](OC(=O)N2CCN(C3CCCCCC3)CC2)/C=C\[C@@H]1C. The highest BCUT2D eigenvalue weighted by Gasteiger charge is 2.29. The number of ether oxygens (including phenoxy) is 3. The molecule has 0 spiro atoms. The van der Waals surface area contributed by atoms with E-state index in [1.165, 1.54) is 38.5 Å². The molecule has 1 aliphatic carbocycles. The normalized spacial score (nSPS) is 28.1. The molecule has 0 radical (unpaired) electrons. The van der Waals surface area contributed by atoms with Crippen molar-refractivity contribution in [2.75, 3.05) is 45.9 Å². The van der Waals surface area contributed by atoms with Gasteiger partial charge in [-0.15, -0.1) is 0 Å². The van der Waals surface area contributed by atoms with E-state index in [0.29, 0.717) is 19.1 Å². The highest BCUT2D eigenvalue weighted by atomic mass is 16.6. The van der Waals surface area contributed by atoms with Gasteiger partial charge < -0.3 is 24.0 Å². The van der Waals surface area contributed by atoms with Crippen molar-refractivity contribution in [3.63, 3.8) is 0 Å². The maximum atomic E-state index is 13.2. The van der Waals surface area contributed by atoms with Crippen LogP contribution < -0.4 is 0 Å². The van der Waals surface area contributed by atoms with Crippen LogP contribution in [-0.2, 0) is 19.0 Å². The lowest BCUT2D eigenvalue weighted by molar-refractivity contribution is -0.148. The van der Waals surface area contributed by atoms with Crippen molar-refractivity contribution in [2.45, 2.75) is 122 Å². The smallest absolute Gasteiger partial charge is 0.410 e. The fourth-order valence-electron chi connectivity index (χ4n) is 7.04. The Morgan fingerprint density at radius 3 is 2.24 bits per heavy atom. The van der Waals surface area contributed by atoms with Crippen molar-refractivity contribution >= 4 is 18.2 Å². The van der Waals surface area contributed by atoms with Crippen LogP contribution in [0.4, 0.5) is 9.59 Å². The van der Waals surface area contributed by atoms with Gasteiger partial charge in [-0.2, -0.15) is 0 Å². The van der Waals surface area contributed by atoms with Crippen LogP contribution >= 0.6 is 0 Å². The van der Waals surface area contributed by atoms with Gasteiger partial charge in [-0.3, -0.25) is 9.69 Å². The maximum Gasteiger partial charge on any atom is 0.410 e. The third-order valence-electron chi connectivity index (χ3n) is 9.98. The minimum absolute atomic E-state index is 0.0574. The van der Waals surface area contributed by atoms with Gasteiger partial charge >= 0.3 is 18.2 Å². The quantitative estimate of drug-likeness (QED) is 0.0950. The van der Waals surface area contributed by atoms with E-state index in [-0.39, 0.29) is 36.1 Å². The van der Waals surface area contributed by atoms with E-state index in [2.05, 4.69) is 4.90 Å². The highest BCUT2D eigenvalue weighted by molar-refractivity contribution is 5.70. The molecule has 9 nitrogen and oxygen atoms in total. The summed E-state index contributed by atoms with van der Waals surface area (Å²) in [7, 11) is 0. The van der Waals surface area contributed by atoms with Gasteiger partial charge in [0.2, 0.25) is 0 Å². The predicted molar refractivity (Wildman–Crippen MR) is 180 cm³/mol. The molecule has 0 unspecified atom stereocenters. The van der Waals surface area contributed by atoms with E-state index in [4.69, 9.17) is 14.2 Å².